The number of hydrogen-bond donors (Lipinski definition) is 1. The molecule has 0 aromatic heterocycles. The highest BCUT2D eigenvalue weighted by atomic mass is 16.2. The second-order valence-corrected chi connectivity index (χ2v) is 5.68. The quantitative estimate of drug-likeness (QED) is 0.840. The molecule has 2 N–H and O–H groups in total. The van der Waals surface area contributed by atoms with Gasteiger partial charge in [0.1, 0.15) is 6.54 Å². The molecule has 0 radical (unpaired) electrons. The van der Waals surface area contributed by atoms with Gasteiger partial charge in [-0.1, -0.05) is 51.1 Å². The van der Waals surface area contributed by atoms with E-state index in [9.17, 15) is 4.79 Å². The third kappa shape index (κ3) is 4.38. The Morgan fingerprint density at radius 2 is 1.95 bits per heavy atom. The molecular weight excluding hydrogens is 238 g/mol. The lowest BCUT2D eigenvalue weighted by Gasteiger charge is -2.31. The summed E-state index contributed by atoms with van der Waals surface area (Å²) in [5.41, 5.74) is 6.65. The Bertz CT molecular complexity index is 457. The van der Waals surface area contributed by atoms with Crippen LogP contribution in [0.4, 0.5) is 0 Å². The van der Waals surface area contributed by atoms with Gasteiger partial charge in [-0.25, -0.2) is 0 Å². The lowest BCUT2D eigenvalue weighted by Crippen LogP contribution is -2.50. The largest absolute Gasteiger partial charge is 0.324 e. The van der Waals surface area contributed by atoms with Crippen LogP contribution in [0.5, 0.6) is 0 Å². The maximum Gasteiger partial charge on any atom is 0.241 e. The summed E-state index contributed by atoms with van der Waals surface area (Å²) in [4.78, 5) is 13.8. The summed E-state index contributed by atoms with van der Waals surface area (Å²) in [6.07, 6.45) is 0. The molecule has 0 fully saturated rings. The van der Waals surface area contributed by atoms with Crippen molar-refractivity contribution in [3.05, 3.63) is 35.9 Å². The highest BCUT2D eigenvalue weighted by molar-refractivity contribution is 5.82. The Balaban J connectivity index is 2.84. The molecule has 0 heterocycles. The lowest BCUT2D eigenvalue weighted by molar-refractivity contribution is -0.134. The van der Waals surface area contributed by atoms with Crippen LogP contribution >= 0.6 is 0 Å². The van der Waals surface area contributed by atoms with Crippen LogP contribution in [-0.2, 0) is 11.3 Å². The van der Waals surface area contributed by atoms with Crippen LogP contribution in [0.1, 0.15) is 26.3 Å². The van der Waals surface area contributed by atoms with Gasteiger partial charge in [0.15, 0.2) is 0 Å². The molecule has 0 aliphatic heterocycles. The standard InChI is InChI=1S/C15H21N3O/c1-15(2,3)13(17)14(19)18(10-9-16)11-12-7-5-4-6-8-12/h4-8,13H,10-11,17H2,1-3H3/t13-/m0/s1. The highest BCUT2D eigenvalue weighted by Gasteiger charge is 2.30. The first-order valence-corrected chi connectivity index (χ1v) is 6.31. The maximum absolute atomic E-state index is 12.3. The minimum Gasteiger partial charge on any atom is -0.324 e. The number of nitrogens with zero attached hydrogens (tertiary/aromatic N) is 2. The zero-order valence-corrected chi connectivity index (χ0v) is 11.8. The van der Waals surface area contributed by atoms with Crippen molar-refractivity contribution in [2.45, 2.75) is 33.4 Å². The summed E-state index contributed by atoms with van der Waals surface area (Å²) < 4.78 is 0. The molecule has 0 bridgehead atoms. The van der Waals surface area contributed by atoms with Gasteiger partial charge >= 0.3 is 0 Å². The second-order valence-electron chi connectivity index (χ2n) is 5.68. The number of nitriles is 1. The fourth-order valence-corrected chi connectivity index (χ4v) is 1.67. The molecule has 1 amide bonds. The number of amides is 1. The summed E-state index contributed by atoms with van der Waals surface area (Å²) >= 11 is 0. The molecule has 0 saturated carbocycles. The van der Waals surface area contributed by atoms with E-state index in [4.69, 9.17) is 11.0 Å². The van der Waals surface area contributed by atoms with E-state index in [2.05, 4.69) is 0 Å². The van der Waals surface area contributed by atoms with Crippen LogP contribution in [0.3, 0.4) is 0 Å². The maximum atomic E-state index is 12.3. The Hall–Kier alpha value is -1.86. The van der Waals surface area contributed by atoms with Crippen molar-refractivity contribution < 1.29 is 4.79 Å². The molecule has 0 unspecified atom stereocenters. The summed E-state index contributed by atoms with van der Waals surface area (Å²) in [5.74, 6) is -0.182. The van der Waals surface area contributed by atoms with Gasteiger partial charge in [0.2, 0.25) is 5.91 Å². The predicted octanol–water partition coefficient (Wildman–Crippen LogP) is 1.91. The number of nitrogens with two attached hydrogens (primary N) is 1. The van der Waals surface area contributed by atoms with Gasteiger partial charge in [0, 0.05) is 6.54 Å². The van der Waals surface area contributed by atoms with E-state index in [1.165, 1.54) is 4.90 Å². The number of carbonyl (C=O) groups excluding carboxylic acids is 1. The molecule has 102 valence electrons. The van der Waals surface area contributed by atoms with E-state index < -0.39 is 6.04 Å². The third-order valence-corrected chi connectivity index (χ3v) is 2.99. The molecular formula is C15H21N3O. The Labute approximate surface area is 114 Å². The van der Waals surface area contributed by atoms with Crippen molar-refractivity contribution in [3.8, 4) is 6.07 Å². The van der Waals surface area contributed by atoms with Crippen LogP contribution in [0.25, 0.3) is 0 Å². The molecule has 1 rings (SSSR count). The van der Waals surface area contributed by atoms with Crippen molar-refractivity contribution in [2.24, 2.45) is 11.1 Å². The van der Waals surface area contributed by atoms with Gasteiger partial charge < -0.3 is 10.6 Å². The molecule has 4 heteroatoms. The summed E-state index contributed by atoms with van der Waals surface area (Å²) in [6, 6.07) is 11.0. The average molecular weight is 259 g/mol. The SMILES string of the molecule is CC(C)(C)[C@@H](N)C(=O)N(CC#N)Cc1ccccc1. The lowest BCUT2D eigenvalue weighted by atomic mass is 9.86. The minimum atomic E-state index is -0.607. The monoisotopic (exact) mass is 259 g/mol. The van der Waals surface area contributed by atoms with Gasteiger partial charge in [-0.2, -0.15) is 5.26 Å². The number of benzene rings is 1. The first-order chi connectivity index (χ1) is 8.86. The molecule has 0 spiro atoms. The average Bonchev–Trinajstić information content (AvgIpc) is 2.36. The number of hydrogen-bond acceptors (Lipinski definition) is 3. The van der Waals surface area contributed by atoms with Crippen LogP contribution in [0.15, 0.2) is 30.3 Å². The zero-order chi connectivity index (χ0) is 14.5. The number of carbonyl (C=O) groups is 1. The molecule has 19 heavy (non-hydrogen) atoms. The summed E-state index contributed by atoms with van der Waals surface area (Å²) in [7, 11) is 0. The van der Waals surface area contributed by atoms with E-state index in [1.54, 1.807) is 0 Å². The van der Waals surface area contributed by atoms with Gasteiger partial charge in [-0.05, 0) is 11.0 Å². The molecule has 1 aromatic carbocycles. The Morgan fingerprint density at radius 3 is 2.42 bits per heavy atom. The van der Waals surface area contributed by atoms with E-state index in [0.29, 0.717) is 6.54 Å². The summed E-state index contributed by atoms with van der Waals surface area (Å²) in [6.45, 7) is 6.22. The van der Waals surface area contributed by atoms with E-state index in [-0.39, 0.29) is 17.9 Å². The normalized spacial score (nSPS) is 12.6. The number of rotatable bonds is 4. The Kier molecular flexibility index (Phi) is 5.08. The summed E-state index contributed by atoms with van der Waals surface area (Å²) in [5, 5.41) is 8.86. The van der Waals surface area contributed by atoms with Crippen molar-refractivity contribution in [2.75, 3.05) is 6.54 Å². The van der Waals surface area contributed by atoms with Gasteiger partial charge in [0.05, 0.1) is 12.1 Å². The topological polar surface area (TPSA) is 70.1 Å². The van der Waals surface area contributed by atoms with Crippen LogP contribution in [0, 0.1) is 16.7 Å². The first kappa shape index (κ1) is 15.2. The van der Waals surface area contributed by atoms with E-state index in [0.717, 1.165) is 5.56 Å². The fraction of sp³-hybridized carbons (Fsp3) is 0.467. The smallest absolute Gasteiger partial charge is 0.241 e. The van der Waals surface area contributed by atoms with Crippen molar-refractivity contribution >= 4 is 5.91 Å². The third-order valence-electron chi connectivity index (χ3n) is 2.99. The highest BCUT2D eigenvalue weighted by Crippen LogP contribution is 2.19. The van der Waals surface area contributed by atoms with Crippen LogP contribution < -0.4 is 5.73 Å². The van der Waals surface area contributed by atoms with Gasteiger partial charge in [0.25, 0.3) is 0 Å². The minimum absolute atomic E-state index is 0.0531. The molecule has 4 nitrogen and oxygen atoms in total. The molecule has 0 saturated heterocycles. The van der Waals surface area contributed by atoms with Crippen molar-refractivity contribution in [1.82, 2.24) is 4.90 Å². The molecule has 0 aliphatic carbocycles. The first-order valence-electron chi connectivity index (χ1n) is 6.31. The van der Waals surface area contributed by atoms with Crippen LogP contribution in [0.2, 0.25) is 0 Å². The van der Waals surface area contributed by atoms with Gasteiger partial charge in [-0.15, -0.1) is 0 Å². The van der Waals surface area contributed by atoms with Crippen molar-refractivity contribution in [3.63, 3.8) is 0 Å². The molecule has 0 aliphatic rings. The van der Waals surface area contributed by atoms with E-state index >= 15 is 0 Å². The second kappa shape index (κ2) is 6.35. The van der Waals surface area contributed by atoms with Gasteiger partial charge in [-0.3, -0.25) is 4.79 Å². The van der Waals surface area contributed by atoms with Crippen LogP contribution in [-0.4, -0.2) is 23.4 Å². The molecule has 1 aromatic rings. The Morgan fingerprint density at radius 1 is 1.37 bits per heavy atom. The fourth-order valence-electron chi connectivity index (χ4n) is 1.67. The molecule has 1 atom stereocenters. The van der Waals surface area contributed by atoms with E-state index in [1.807, 2.05) is 57.2 Å². The van der Waals surface area contributed by atoms with Crippen molar-refractivity contribution in [1.29, 1.82) is 5.26 Å². The zero-order valence-electron chi connectivity index (χ0n) is 11.8. The predicted molar refractivity (Wildman–Crippen MR) is 74.9 cm³/mol.